The number of hydrogen-bond acceptors (Lipinski definition) is 2. The van der Waals surface area contributed by atoms with Crippen LogP contribution in [0.1, 0.15) is 25.7 Å². The number of ketones is 1. The lowest BCUT2D eigenvalue weighted by Gasteiger charge is -2.14. The smallest absolute Gasteiger partial charge is 0.161 e. The molecule has 1 aliphatic rings. The predicted octanol–water partition coefficient (Wildman–Crippen LogP) is 2.26. The van der Waals surface area contributed by atoms with Crippen molar-refractivity contribution in [1.82, 2.24) is 0 Å². The molecule has 1 unspecified atom stereocenters. The average Bonchev–Trinajstić information content (AvgIpc) is 2.54. The van der Waals surface area contributed by atoms with Crippen molar-refractivity contribution in [2.45, 2.75) is 31.8 Å². The van der Waals surface area contributed by atoms with Gasteiger partial charge in [-0.2, -0.15) is 0 Å². The van der Waals surface area contributed by atoms with E-state index in [-0.39, 0.29) is 11.9 Å². The van der Waals surface area contributed by atoms with Crippen LogP contribution >= 0.6 is 0 Å². The maximum Gasteiger partial charge on any atom is 0.161 e. The quantitative estimate of drug-likeness (QED) is 0.606. The molecule has 0 bridgehead atoms. The van der Waals surface area contributed by atoms with Gasteiger partial charge in [0.2, 0.25) is 0 Å². The van der Waals surface area contributed by atoms with Gasteiger partial charge in [-0.3, -0.25) is 4.79 Å². The van der Waals surface area contributed by atoms with Crippen LogP contribution < -0.4 is 0 Å². The van der Waals surface area contributed by atoms with E-state index < -0.39 is 0 Å². The van der Waals surface area contributed by atoms with Crippen molar-refractivity contribution in [1.29, 1.82) is 0 Å². The van der Waals surface area contributed by atoms with Crippen LogP contribution in [-0.2, 0) is 9.53 Å². The molecule has 0 heterocycles. The van der Waals surface area contributed by atoms with Gasteiger partial charge in [0.1, 0.15) is 0 Å². The fourth-order valence-electron chi connectivity index (χ4n) is 1.60. The van der Waals surface area contributed by atoms with Crippen molar-refractivity contribution in [3.8, 4) is 0 Å². The molecule has 0 aromatic rings. The van der Waals surface area contributed by atoms with E-state index in [2.05, 4.69) is 6.58 Å². The van der Waals surface area contributed by atoms with E-state index in [1.165, 1.54) is 0 Å². The molecule has 0 aromatic carbocycles. The van der Waals surface area contributed by atoms with Gasteiger partial charge in [-0.25, -0.2) is 0 Å². The molecule has 13 heavy (non-hydrogen) atoms. The number of allylic oxidation sites excluding steroid dienone is 2. The number of carbonyl (C=O) groups is 1. The van der Waals surface area contributed by atoms with Crippen LogP contribution in [0.3, 0.4) is 0 Å². The molecule has 0 fully saturated rings. The van der Waals surface area contributed by atoms with Gasteiger partial charge in [0.25, 0.3) is 0 Å². The fourth-order valence-corrected chi connectivity index (χ4v) is 1.60. The number of methoxy groups -OCH3 is 1. The van der Waals surface area contributed by atoms with Crippen LogP contribution in [0.15, 0.2) is 24.3 Å². The highest BCUT2D eigenvalue weighted by Gasteiger charge is 2.22. The Morgan fingerprint density at radius 1 is 1.77 bits per heavy atom. The van der Waals surface area contributed by atoms with Crippen LogP contribution in [0.4, 0.5) is 0 Å². The van der Waals surface area contributed by atoms with Gasteiger partial charge in [-0.1, -0.05) is 12.2 Å². The Kier molecular flexibility index (Phi) is 3.90. The number of rotatable bonds is 5. The van der Waals surface area contributed by atoms with Gasteiger partial charge in [0.05, 0.1) is 6.10 Å². The molecule has 0 saturated heterocycles. The number of hydrogen-bond donors (Lipinski definition) is 0. The Balaban J connectivity index is 2.54. The van der Waals surface area contributed by atoms with Gasteiger partial charge in [-0.05, 0) is 19.3 Å². The molecule has 0 aromatic heterocycles. The first-order chi connectivity index (χ1) is 6.29. The maximum atomic E-state index is 11.4. The summed E-state index contributed by atoms with van der Waals surface area (Å²) in [6.07, 6.45) is 7.12. The second-order valence-corrected chi connectivity index (χ2v) is 3.21. The zero-order chi connectivity index (χ0) is 9.68. The molecule has 0 spiro atoms. The molecule has 0 amide bonds. The topological polar surface area (TPSA) is 26.3 Å². The summed E-state index contributed by atoms with van der Waals surface area (Å²) in [7, 11) is 1.65. The first kappa shape index (κ1) is 10.2. The maximum absolute atomic E-state index is 11.4. The number of ether oxygens (including phenoxy) is 1. The molecule has 1 atom stereocenters. The molecule has 1 rings (SSSR count). The molecule has 0 saturated carbocycles. The van der Waals surface area contributed by atoms with Gasteiger partial charge < -0.3 is 4.74 Å². The molecular formula is C11H16O2. The van der Waals surface area contributed by atoms with Crippen molar-refractivity contribution in [2.75, 3.05) is 7.11 Å². The summed E-state index contributed by atoms with van der Waals surface area (Å²) in [5.41, 5.74) is 0.865. The van der Waals surface area contributed by atoms with E-state index in [0.717, 1.165) is 24.8 Å². The summed E-state index contributed by atoms with van der Waals surface area (Å²) in [6.45, 7) is 3.65. The number of Topliss-reactive ketones (excluding diaryl/α,β-unsaturated/α-hetero) is 1. The minimum atomic E-state index is -0.0204. The Labute approximate surface area is 79.3 Å². The third kappa shape index (κ3) is 2.52. The summed E-state index contributed by atoms with van der Waals surface area (Å²) in [5, 5.41) is 0. The molecule has 0 radical (unpaired) electrons. The van der Waals surface area contributed by atoms with E-state index in [1.54, 1.807) is 7.11 Å². The van der Waals surface area contributed by atoms with E-state index >= 15 is 0 Å². The van der Waals surface area contributed by atoms with E-state index in [4.69, 9.17) is 4.74 Å². The Morgan fingerprint density at radius 2 is 2.54 bits per heavy atom. The second-order valence-electron chi connectivity index (χ2n) is 3.21. The van der Waals surface area contributed by atoms with Crippen LogP contribution in [0.5, 0.6) is 0 Å². The Bertz CT molecular complexity index is 228. The summed E-state index contributed by atoms with van der Waals surface area (Å²) in [6, 6.07) is 0. The summed E-state index contributed by atoms with van der Waals surface area (Å²) < 4.78 is 5.27. The standard InChI is InChI=1S/C11H16O2/c1-3-4-8-11(13-2)9-6-5-7-10(9)12/h3,6,11H,1,4-5,7-8H2,2H3. The fraction of sp³-hybridized carbons (Fsp3) is 0.545. The van der Waals surface area contributed by atoms with Gasteiger partial charge >= 0.3 is 0 Å². The predicted molar refractivity (Wildman–Crippen MR) is 52.6 cm³/mol. The van der Waals surface area contributed by atoms with Gasteiger partial charge in [0, 0.05) is 19.1 Å². The molecule has 72 valence electrons. The van der Waals surface area contributed by atoms with Crippen LogP contribution in [0.25, 0.3) is 0 Å². The minimum absolute atomic E-state index is 0.0204. The SMILES string of the molecule is C=CCCC(OC)C1=CCCC1=O. The highest BCUT2D eigenvalue weighted by Crippen LogP contribution is 2.22. The summed E-state index contributed by atoms with van der Waals surface area (Å²) in [5.74, 6) is 0.246. The lowest BCUT2D eigenvalue weighted by molar-refractivity contribution is -0.116. The van der Waals surface area contributed by atoms with Crippen LogP contribution in [0, 0.1) is 0 Å². The van der Waals surface area contributed by atoms with E-state index in [1.807, 2.05) is 12.2 Å². The summed E-state index contributed by atoms with van der Waals surface area (Å²) in [4.78, 5) is 11.4. The molecule has 0 N–H and O–H groups in total. The first-order valence-electron chi connectivity index (χ1n) is 4.66. The number of carbonyl (C=O) groups excluding carboxylic acids is 1. The zero-order valence-corrected chi connectivity index (χ0v) is 8.08. The largest absolute Gasteiger partial charge is 0.377 e. The van der Waals surface area contributed by atoms with Crippen LogP contribution in [-0.4, -0.2) is 19.0 Å². The summed E-state index contributed by atoms with van der Waals surface area (Å²) >= 11 is 0. The van der Waals surface area contributed by atoms with E-state index in [0.29, 0.717) is 6.42 Å². The van der Waals surface area contributed by atoms with Crippen molar-refractivity contribution < 1.29 is 9.53 Å². The van der Waals surface area contributed by atoms with E-state index in [9.17, 15) is 4.79 Å². The van der Waals surface area contributed by atoms with Gasteiger partial charge in [-0.15, -0.1) is 6.58 Å². The second kappa shape index (κ2) is 4.97. The normalized spacial score (nSPS) is 18.5. The molecule has 1 aliphatic carbocycles. The monoisotopic (exact) mass is 180 g/mol. The highest BCUT2D eigenvalue weighted by molar-refractivity contribution is 5.98. The first-order valence-corrected chi connectivity index (χ1v) is 4.66. The molecule has 2 heteroatoms. The highest BCUT2D eigenvalue weighted by atomic mass is 16.5. The van der Waals surface area contributed by atoms with Gasteiger partial charge in [0.15, 0.2) is 5.78 Å². The van der Waals surface area contributed by atoms with Crippen molar-refractivity contribution in [3.05, 3.63) is 24.3 Å². The molecule has 2 nitrogen and oxygen atoms in total. The Hall–Kier alpha value is -0.890. The third-order valence-corrected chi connectivity index (χ3v) is 2.32. The van der Waals surface area contributed by atoms with Crippen molar-refractivity contribution in [2.24, 2.45) is 0 Å². The molecule has 0 aliphatic heterocycles. The van der Waals surface area contributed by atoms with Crippen molar-refractivity contribution >= 4 is 5.78 Å². The average molecular weight is 180 g/mol. The third-order valence-electron chi connectivity index (χ3n) is 2.32. The zero-order valence-electron chi connectivity index (χ0n) is 8.08. The minimum Gasteiger partial charge on any atom is -0.377 e. The molecular weight excluding hydrogens is 164 g/mol. The Morgan fingerprint density at radius 3 is 3.00 bits per heavy atom. The lowest BCUT2D eigenvalue weighted by Crippen LogP contribution is -2.17. The van der Waals surface area contributed by atoms with Crippen molar-refractivity contribution in [3.63, 3.8) is 0 Å². The van der Waals surface area contributed by atoms with Crippen LogP contribution in [0.2, 0.25) is 0 Å². The lowest BCUT2D eigenvalue weighted by atomic mass is 10.0.